The lowest BCUT2D eigenvalue weighted by Crippen LogP contribution is -2.33. The number of aryl methyl sites for hydroxylation is 3. The highest BCUT2D eigenvalue weighted by Gasteiger charge is 2.40. The maximum atomic E-state index is 13.7. The van der Waals surface area contributed by atoms with Gasteiger partial charge in [-0.1, -0.05) is 42.5 Å². The molecule has 4 nitrogen and oxygen atoms in total. The molecule has 0 saturated heterocycles. The Morgan fingerprint density at radius 3 is 2.23 bits per heavy atom. The molecule has 0 unspecified atom stereocenters. The zero-order valence-corrected chi connectivity index (χ0v) is 17.0. The lowest BCUT2D eigenvalue weighted by atomic mass is 9.99. The Hall–Kier alpha value is -3.73. The highest BCUT2D eigenvalue weighted by atomic mass is 19.1. The van der Waals surface area contributed by atoms with Crippen LogP contribution in [0.1, 0.15) is 22.3 Å². The van der Waals surface area contributed by atoms with Gasteiger partial charge in [-0.3, -0.25) is 9.59 Å². The Kier molecular flexibility index (Phi) is 4.96. The minimum absolute atomic E-state index is 0.136. The van der Waals surface area contributed by atoms with Gasteiger partial charge in [0.15, 0.2) is 0 Å². The van der Waals surface area contributed by atoms with Gasteiger partial charge >= 0.3 is 0 Å². The molecule has 30 heavy (non-hydrogen) atoms. The van der Waals surface area contributed by atoms with Crippen LogP contribution in [0, 0.1) is 26.6 Å². The predicted octanol–water partition coefficient (Wildman–Crippen LogP) is 5.15. The fourth-order valence-corrected chi connectivity index (χ4v) is 3.55. The van der Waals surface area contributed by atoms with Gasteiger partial charge in [0.1, 0.15) is 11.5 Å². The van der Waals surface area contributed by atoms with Crippen molar-refractivity contribution < 1.29 is 14.0 Å². The molecule has 0 atom stereocenters. The van der Waals surface area contributed by atoms with Crippen LogP contribution in [0.5, 0.6) is 0 Å². The Labute approximate surface area is 174 Å². The van der Waals surface area contributed by atoms with Gasteiger partial charge in [0.05, 0.1) is 11.3 Å². The minimum atomic E-state index is -0.466. The third kappa shape index (κ3) is 3.39. The fraction of sp³-hybridized carbons (Fsp3) is 0.120. The lowest BCUT2D eigenvalue weighted by molar-refractivity contribution is -0.120. The molecule has 0 spiro atoms. The Bertz CT molecular complexity index is 1210. The van der Waals surface area contributed by atoms with Crippen LogP contribution in [0.4, 0.5) is 15.8 Å². The van der Waals surface area contributed by atoms with Crippen molar-refractivity contribution in [2.75, 3.05) is 10.2 Å². The van der Waals surface area contributed by atoms with Gasteiger partial charge in [-0.25, -0.2) is 9.29 Å². The number of nitrogens with one attached hydrogen (secondary N) is 1. The molecule has 0 fully saturated rings. The molecule has 0 saturated carbocycles. The largest absolute Gasteiger partial charge is 0.350 e. The second kappa shape index (κ2) is 7.59. The molecular formula is C25H21FN2O2. The Morgan fingerprint density at radius 1 is 0.767 bits per heavy atom. The van der Waals surface area contributed by atoms with Crippen molar-refractivity contribution in [3.63, 3.8) is 0 Å². The molecule has 150 valence electrons. The van der Waals surface area contributed by atoms with Gasteiger partial charge in [0.25, 0.3) is 11.8 Å². The topological polar surface area (TPSA) is 49.4 Å². The minimum Gasteiger partial charge on any atom is -0.350 e. The number of imide groups is 1. The number of rotatable bonds is 4. The molecule has 2 amide bonds. The average Bonchev–Trinajstić information content (AvgIpc) is 2.94. The maximum Gasteiger partial charge on any atom is 0.282 e. The van der Waals surface area contributed by atoms with Crippen LogP contribution in [0.2, 0.25) is 0 Å². The van der Waals surface area contributed by atoms with Gasteiger partial charge in [-0.05, 0) is 67.3 Å². The first-order valence-electron chi connectivity index (χ1n) is 9.65. The van der Waals surface area contributed by atoms with E-state index >= 15 is 0 Å². The summed E-state index contributed by atoms with van der Waals surface area (Å²) in [4.78, 5) is 28.0. The van der Waals surface area contributed by atoms with Gasteiger partial charge in [-0.15, -0.1) is 0 Å². The zero-order chi connectivity index (χ0) is 21.4. The molecule has 0 aliphatic carbocycles. The molecule has 1 aliphatic rings. The van der Waals surface area contributed by atoms with Crippen LogP contribution >= 0.6 is 0 Å². The van der Waals surface area contributed by atoms with Crippen LogP contribution < -0.4 is 10.2 Å². The number of amides is 2. The van der Waals surface area contributed by atoms with Crippen LogP contribution in [-0.2, 0) is 9.59 Å². The van der Waals surface area contributed by atoms with Crippen molar-refractivity contribution >= 4 is 28.8 Å². The highest BCUT2D eigenvalue weighted by Crippen LogP contribution is 2.35. The third-order valence-corrected chi connectivity index (χ3v) is 5.33. The van der Waals surface area contributed by atoms with E-state index in [9.17, 15) is 14.0 Å². The summed E-state index contributed by atoms with van der Waals surface area (Å²) in [6, 6.07) is 18.7. The van der Waals surface area contributed by atoms with E-state index in [-0.39, 0.29) is 11.3 Å². The number of carbonyl (C=O) groups excluding carboxylic acids is 2. The number of anilines is 2. The number of para-hydroxylation sites is 1. The maximum absolute atomic E-state index is 13.7. The second-order valence-electron chi connectivity index (χ2n) is 7.42. The number of carbonyl (C=O) groups is 2. The summed E-state index contributed by atoms with van der Waals surface area (Å²) in [5, 5.41) is 2.99. The Balaban J connectivity index is 1.87. The average molecular weight is 400 g/mol. The summed E-state index contributed by atoms with van der Waals surface area (Å²) in [5.74, 6) is -1.30. The summed E-state index contributed by atoms with van der Waals surface area (Å²) in [6.07, 6.45) is 0. The van der Waals surface area contributed by atoms with Gasteiger partial charge < -0.3 is 5.32 Å². The summed E-state index contributed by atoms with van der Waals surface area (Å²) in [6.45, 7) is 5.80. The van der Waals surface area contributed by atoms with Crippen LogP contribution in [0.15, 0.2) is 72.4 Å². The van der Waals surface area contributed by atoms with E-state index in [1.165, 1.54) is 17.0 Å². The summed E-state index contributed by atoms with van der Waals surface area (Å²) in [5.41, 5.74) is 4.90. The molecule has 4 rings (SSSR count). The van der Waals surface area contributed by atoms with Crippen LogP contribution in [0.3, 0.4) is 0 Å². The van der Waals surface area contributed by atoms with Crippen LogP contribution in [-0.4, -0.2) is 11.8 Å². The molecule has 3 aromatic rings. The van der Waals surface area contributed by atoms with Crippen molar-refractivity contribution in [2.24, 2.45) is 0 Å². The number of hydrogen-bond donors (Lipinski definition) is 1. The first-order chi connectivity index (χ1) is 14.4. The molecule has 0 radical (unpaired) electrons. The van der Waals surface area contributed by atoms with Gasteiger partial charge in [0, 0.05) is 5.69 Å². The monoisotopic (exact) mass is 400 g/mol. The lowest BCUT2D eigenvalue weighted by Gasteiger charge is -2.17. The van der Waals surface area contributed by atoms with Crippen molar-refractivity contribution in [2.45, 2.75) is 20.8 Å². The van der Waals surface area contributed by atoms with Crippen molar-refractivity contribution in [1.29, 1.82) is 0 Å². The van der Waals surface area contributed by atoms with E-state index in [0.29, 0.717) is 16.9 Å². The van der Waals surface area contributed by atoms with E-state index < -0.39 is 17.6 Å². The van der Waals surface area contributed by atoms with Gasteiger partial charge in [-0.2, -0.15) is 0 Å². The summed E-state index contributed by atoms with van der Waals surface area (Å²) >= 11 is 0. The molecular weight excluding hydrogens is 379 g/mol. The predicted molar refractivity (Wildman–Crippen MR) is 117 cm³/mol. The number of hydrogen-bond acceptors (Lipinski definition) is 3. The molecule has 1 N–H and O–H groups in total. The van der Waals surface area contributed by atoms with Gasteiger partial charge in [0.2, 0.25) is 0 Å². The first kappa shape index (κ1) is 19.6. The quantitative estimate of drug-likeness (QED) is 0.617. The summed E-state index contributed by atoms with van der Waals surface area (Å²) < 4.78 is 13.7. The SMILES string of the molecule is Cc1ccc(C2=C(Nc3cccc(F)c3)C(=O)N(c3ccccc3C)C2=O)cc1C. The zero-order valence-electron chi connectivity index (χ0n) is 17.0. The molecule has 5 heteroatoms. The first-order valence-corrected chi connectivity index (χ1v) is 9.65. The molecule has 0 aromatic heterocycles. The van der Waals surface area contributed by atoms with Crippen LogP contribution in [0.25, 0.3) is 5.57 Å². The smallest absolute Gasteiger partial charge is 0.282 e. The number of halogens is 1. The molecule has 0 bridgehead atoms. The van der Waals surface area contributed by atoms with Crippen molar-refractivity contribution in [1.82, 2.24) is 0 Å². The standard InChI is InChI=1S/C25H21FN2O2/c1-15-11-12-18(13-17(15)3)22-23(27-20-9-6-8-19(26)14-20)25(30)28(24(22)29)21-10-5-4-7-16(21)2/h4-14,27H,1-3H3. The van der Waals surface area contributed by atoms with E-state index in [4.69, 9.17) is 0 Å². The molecule has 1 aliphatic heterocycles. The molecule has 3 aromatic carbocycles. The number of benzene rings is 3. The fourth-order valence-electron chi connectivity index (χ4n) is 3.55. The summed E-state index contributed by atoms with van der Waals surface area (Å²) in [7, 11) is 0. The number of nitrogens with zero attached hydrogens (tertiary/aromatic N) is 1. The van der Waals surface area contributed by atoms with E-state index in [1.807, 2.05) is 51.1 Å². The van der Waals surface area contributed by atoms with E-state index in [1.54, 1.807) is 24.3 Å². The normalized spacial score (nSPS) is 13.9. The van der Waals surface area contributed by atoms with Crippen molar-refractivity contribution in [3.05, 3.63) is 100 Å². The van der Waals surface area contributed by atoms with E-state index in [2.05, 4.69) is 5.32 Å². The van der Waals surface area contributed by atoms with Crippen molar-refractivity contribution in [3.8, 4) is 0 Å². The van der Waals surface area contributed by atoms with E-state index in [0.717, 1.165) is 16.7 Å². The highest BCUT2D eigenvalue weighted by molar-refractivity contribution is 6.46. The molecule has 1 heterocycles. The third-order valence-electron chi connectivity index (χ3n) is 5.33. The Morgan fingerprint density at radius 2 is 1.53 bits per heavy atom. The second-order valence-corrected chi connectivity index (χ2v) is 7.42.